The van der Waals surface area contributed by atoms with Crippen molar-refractivity contribution in [1.82, 2.24) is 0 Å². The molecule has 1 aromatic rings. The van der Waals surface area contributed by atoms with Crippen LogP contribution < -0.4 is 5.50 Å². The fourth-order valence-corrected chi connectivity index (χ4v) is 3.86. The Morgan fingerprint density at radius 1 is 1.31 bits per heavy atom. The van der Waals surface area contributed by atoms with Gasteiger partial charge in [0, 0.05) is 5.66 Å². The minimum absolute atomic E-state index is 0.214. The second kappa shape index (κ2) is 3.77. The van der Waals surface area contributed by atoms with Crippen LogP contribution >= 0.6 is 8.07 Å². The third-order valence-corrected chi connectivity index (χ3v) is 4.95. The SMILES string of the molecule is Cc1ccc(C2CCCP2N)cc1. The summed E-state index contributed by atoms with van der Waals surface area (Å²) >= 11 is 0. The number of aryl methyl sites for hydroxylation is 1. The molecule has 0 bridgehead atoms. The quantitative estimate of drug-likeness (QED) is 0.681. The van der Waals surface area contributed by atoms with E-state index in [1.807, 2.05) is 0 Å². The first kappa shape index (κ1) is 9.18. The molecule has 1 aliphatic rings. The van der Waals surface area contributed by atoms with Gasteiger partial charge in [0.25, 0.3) is 0 Å². The third-order valence-electron chi connectivity index (χ3n) is 2.76. The van der Waals surface area contributed by atoms with E-state index in [1.54, 1.807) is 0 Å². The first-order valence-electron chi connectivity index (χ1n) is 4.85. The summed E-state index contributed by atoms with van der Waals surface area (Å²) in [5, 5.41) is 0. The van der Waals surface area contributed by atoms with Crippen molar-refractivity contribution in [3.05, 3.63) is 35.4 Å². The number of rotatable bonds is 1. The summed E-state index contributed by atoms with van der Waals surface area (Å²) in [6, 6.07) is 8.87. The van der Waals surface area contributed by atoms with Crippen LogP contribution in [0.4, 0.5) is 0 Å². The largest absolute Gasteiger partial charge is 0.309 e. The zero-order valence-electron chi connectivity index (χ0n) is 8.03. The Kier molecular flexibility index (Phi) is 2.66. The average molecular weight is 193 g/mol. The van der Waals surface area contributed by atoms with Gasteiger partial charge in [-0.3, -0.25) is 0 Å². The Morgan fingerprint density at radius 3 is 2.54 bits per heavy atom. The lowest BCUT2D eigenvalue weighted by molar-refractivity contribution is 0.826. The van der Waals surface area contributed by atoms with Crippen molar-refractivity contribution < 1.29 is 0 Å². The van der Waals surface area contributed by atoms with Crippen molar-refractivity contribution in [3.8, 4) is 0 Å². The van der Waals surface area contributed by atoms with Crippen LogP contribution in [0.3, 0.4) is 0 Å². The highest BCUT2D eigenvalue weighted by molar-refractivity contribution is 7.55. The van der Waals surface area contributed by atoms with Gasteiger partial charge in [0.15, 0.2) is 0 Å². The summed E-state index contributed by atoms with van der Waals surface area (Å²) < 4.78 is 0. The van der Waals surface area contributed by atoms with E-state index in [9.17, 15) is 0 Å². The molecule has 0 saturated carbocycles. The van der Waals surface area contributed by atoms with Crippen molar-refractivity contribution in [3.63, 3.8) is 0 Å². The smallest absolute Gasteiger partial charge is 0.0170 e. The molecular weight excluding hydrogens is 177 g/mol. The van der Waals surface area contributed by atoms with E-state index in [2.05, 4.69) is 31.2 Å². The summed E-state index contributed by atoms with van der Waals surface area (Å²) in [5.74, 6) is 0. The highest BCUT2D eigenvalue weighted by Crippen LogP contribution is 2.53. The minimum atomic E-state index is -0.214. The molecule has 0 amide bonds. The maximum absolute atomic E-state index is 6.11. The lowest BCUT2D eigenvalue weighted by Crippen LogP contribution is -1.97. The van der Waals surface area contributed by atoms with Gasteiger partial charge in [-0.15, -0.1) is 0 Å². The van der Waals surface area contributed by atoms with Crippen LogP contribution in [-0.2, 0) is 0 Å². The van der Waals surface area contributed by atoms with E-state index in [-0.39, 0.29) is 8.07 Å². The lowest BCUT2D eigenvalue weighted by atomic mass is 10.1. The molecular formula is C11H16NP. The fraction of sp³-hybridized carbons (Fsp3) is 0.455. The van der Waals surface area contributed by atoms with Crippen LogP contribution in [0.15, 0.2) is 24.3 Å². The summed E-state index contributed by atoms with van der Waals surface area (Å²) in [6.45, 7) is 2.13. The van der Waals surface area contributed by atoms with Gasteiger partial charge < -0.3 is 5.50 Å². The first-order chi connectivity index (χ1) is 6.27. The Labute approximate surface area is 81.1 Å². The first-order valence-corrected chi connectivity index (χ1v) is 6.52. The zero-order chi connectivity index (χ0) is 9.26. The van der Waals surface area contributed by atoms with Crippen molar-refractivity contribution >= 4 is 8.07 Å². The minimum Gasteiger partial charge on any atom is -0.309 e. The van der Waals surface area contributed by atoms with Gasteiger partial charge in [-0.05, 0) is 39.6 Å². The van der Waals surface area contributed by atoms with Crippen LogP contribution in [0.5, 0.6) is 0 Å². The second-order valence-electron chi connectivity index (χ2n) is 3.81. The molecule has 0 aliphatic carbocycles. The van der Waals surface area contributed by atoms with E-state index >= 15 is 0 Å². The second-order valence-corrected chi connectivity index (χ2v) is 5.91. The maximum Gasteiger partial charge on any atom is 0.0170 e. The van der Waals surface area contributed by atoms with E-state index in [4.69, 9.17) is 5.50 Å². The number of hydrogen-bond acceptors (Lipinski definition) is 1. The van der Waals surface area contributed by atoms with Crippen molar-refractivity contribution in [2.75, 3.05) is 6.16 Å². The van der Waals surface area contributed by atoms with Crippen LogP contribution in [0.1, 0.15) is 29.6 Å². The molecule has 1 saturated heterocycles. The zero-order valence-corrected chi connectivity index (χ0v) is 8.93. The molecule has 0 aromatic heterocycles. The fourth-order valence-electron chi connectivity index (χ4n) is 1.94. The molecule has 2 atom stereocenters. The van der Waals surface area contributed by atoms with Crippen molar-refractivity contribution in [1.29, 1.82) is 0 Å². The monoisotopic (exact) mass is 193 g/mol. The van der Waals surface area contributed by atoms with Crippen LogP contribution in [0.2, 0.25) is 0 Å². The van der Waals surface area contributed by atoms with E-state index in [0.29, 0.717) is 5.66 Å². The van der Waals surface area contributed by atoms with Gasteiger partial charge in [0.2, 0.25) is 0 Å². The van der Waals surface area contributed by atoms with E-state index in [0.717, 1.165) is 0 Å². The summed E-state index contributed by atoms with van der Waals surface area (Å²) in [4.78, 5) is 0. The lowest BCUT2D eigenvalue weighted by Gasteiger charge is -2.15. The highest BCUT2D eigenvalue weighted by Gasteiger charge is 2.24. The predicted octanol–water partition coefficient (Wildman–Crippen LogP) is 3.19. The number of nitrogens with two attached hydrogens (primary N) is 1. The highest BCUT2D eigenvalue weighted by atomic mass is 31.1. The Hall–Kier alpha value is -0.390. The Balaban J connectivity index is 2.20. The van der Waals surface area contributed by atoms with Crippen LogP contribution in [-0.4, -0.2) is 6.16 Å². The van der Waals surface area contributed by atoms with Gasteiger partial charge in [0.1, 0.15) is 0 Å². The molecule has 13 heavy (non-hydrogen) atoms. The molecule has 1 fully saturated rings. The van der Waals surface area contributed by atoms with Crippen molar-refractivity contribution in [2.24, 2.45) is 5.50 Å². The van der Waals surface area contributed by atoms with Gasteiger partial charge in [-0.25, -0.2) is 0 Å². The number of benzene rings is 1. The van der Waals surface area contributed by atoms with Gasteiger partial charge in [0.05, 0.1) is 0 Å². The third kappa shape index (κ3) is 1.92. The molecule has 2 rings (SSSR count). The summed E-state index contributed by atoms with van der Waals surface area (Å²) in [5.41, 5.74) is 9.58. The molecule has 0 spiro atoms. The topological polar surface area (TPSA) is 26.0 Å². The molecule has 2 N–H and O–H groups in total. The molecule has 1 nitrogen and oxygen atoms in total. The molecule has 1 aromatic carbocycles. The molecule has 0 radical (unpaired) electrons. The number of hydrogen-bond donors (Lipinski definition) is 1. The summed E-state index contributed by atoms with van der Waals surface area (Å²) in [7, 11) is -0.214. The van der Waals surface area contributed by atoms with Crippen LogP contribution in [0, 0.1) is 6.92 Å². The van der Waals surface area contributed by atoms with Crippen molar-refractivity contribution in [2.45, 2.75) is 25.4 Å². The summed E-state index contributed by atoms with van der Waals surface area (Å²) in [6.07, 6.45) is 3.87. The standard InChI is InChI=1S/C11H16NP/c1-9-4-6-10(7-5-9)11-3-2-8-13(11)12/h4-7,11H,2-3,8,12H2,1H3. The van der Waals surface area contributed by atoms with E-state index < -0.39 is 0 Å². The normalized spacial score (nSPS) is 27.8. The van der Waals surface area contributed by atoms with Gasteiger partial charge in [-0.1, -0.05) is 29.8 Å². The predicted molar refractivity (Wildman–Crippen MR) is 59.1 cm³/mol. The molecule has 2 unspecified atom stereocenters. The van der Waals surface area contributed by atoms with Gasteiger partial charge in [-0.2, -0.15) is 0 Å². The van der Waals surface area contributed by atoms with Gasteiger partial charge >= 0.3 is 0 Å². The maximum atomic E-state index is 6.11. The van der Waals surface area contributed by atoms with Crippen LogP contribution in [0.25, 0.3) is 0 Å². The average Bonchev–Trinajstić information content (AvgIpc) is 2.53. The Bertz CT molecular complexity index is 281. The molecule has 1 aliphatic heterocycles. The molecule has 1 heterocycles. The molecule has 2 heteroatoms. The molecule has 70 valence electrons. The van der Waals surface area contributed by atoms with E-state index in [1.165, 1.54) is 30.1 Å². The Morgan fingerprint density at radius 2 is 2.00 bits per heavy atom.